The van der Waals surface area contributed by atoms with Crippen molar-refractivity contribution in [2.24, 2.45) is 4.99 Å². The first-order valence-electron chi connectivity index (χ1n) is 9.72. The molecule has 0 saturated carbocycles. The summed E-state index contributed by atoms with van der Waals surface area (Å²) in [4.78, 5) is 7.10. The molecule has 7 heteroatoms. The van der Waals surface area contributed by atoms with E-state index in [1.807, 2.05) is 17.8 Å². The second-order valence-corrected chi connectivity index (χ2v) is 7.57. The highest BCUT2D eigenvalue weighted by Gasteiger charge is 2.21. The number of methoxy groups -OCH3 is 2. The Morgan fingerprint density at radius 1 is 1.19 bits per heavy atom. The first-order valence-corrected chi connectivity index (χ1v) is 11.1. The van der Waals surface area contributed by atoms with Gasteiger partial charge in [-0.15, -0.1) is 0 Å². The van der Waals surface area contributed by atoms with Crippen LogP contribution in [0.2, 0.25) is 0 Å². The van der Waals surface area contributed by atoms with E-state index in [0.717, 1.165) is 74.3 Å². The van der Waals surface area contributed by atoms with Gasteiger partial charge in [-0.25, -0.2) is 0 Å². The lowest BCUT2D eigenvalue weighted by Gasteiger charge is -2.34. The third kappa shape index (κ3) is 7.05. The first-order chi connectivity index (χ1) is 13.2. The maximum Gasteiger partial charge on any atom is 0.191 e. The number of thioether (sulfide) groups is 1. The van der Waals surface area contributed by atoms with E-state index in [1.54, 1.807) is 14.2 Å². The fraction of sp³-hybridized carbons (Fsp3) is 0.650. The number of aliphatic imine (C=N–C) groups is 1. The van der Waals surface area contributed by atoms with E-state index in [-0.39, 0.29) is 0 Å². The van der Waals surface area contributed by atoms with Crippen LogP contribution in [0.1, 0.15) is 26.2 Å². The van der Waals surface area contributed by atoms with E-state index in [4.69, 9.17) is 14.5 Å². The highest BCUT2D eigenvalue weighted by atomic mass is 32.2. The lowest BCUT2D eigenvalue weighted by atomic mass is 10.0. The molecule has 6 nitrogen and oxygen atoms in total. The number of guanidine groups is 1. The second-order valence-electron chi connectivity index (χ2n) is 6.58. The molecule has 0 aromatic heterocycles. The Hall–Kier alpha value is -1.76. The molecule has 1 saturated heterocycles. The summed E-state index contributed by atoms with van der Waals surface area (Å²) in [6.07, 6.45) is 5.41. The van der Waals surface area contributed by atoms with E-state index in [1.165, 1.54) is 0 Å². The average Bonchev–Trinajstić information content (AvgIpc) is 2.71. The molecule has 1 heterocycles. The van der Waals surface area contributed by atoms with Crippen molar-refractivity contribution in [1.82, 2.24) is 10.6 Å². The minimum atomic E-state index is 0.451. The summed E-state index contributed by atoms with van der Waals surface area (Å²) in [6.45, 7) is 5.87. The van der Waals surface area contributed by atoms with Crippen LogP contribution in [0, 0.1) is 0 Å². The Balaban J connectivity index is 1.90. The zero-order valence-electron chi connectivity index (χ0n) is 17.1. The number of ether oxygens (including phenoxy) is 2. The van der Waals surface area contributed by atoms with Gasteiger partial charge in [-0.05, 0) is 38.2 Å². The van der Waals surface area contributed by atoms with Gasteiger partial charge in [-0.2, -0.15) is 11.8 Å². The molecule has 0 spiro atoms. The first kappa shape index (κ1) is 21.5. The summed E-state index contributed by atoms with van der Waals surface area (Å²) in [5.74, 6) is 3.76. The van der Waals surface area contributed by atoms with Crippen molar-refractivity contribution in [2.45, 2.75) is 32.2 Å². The van der Waals surface area contributed by atoms with Crippen LogP contribution in [0.4, 0.5) is 5.69 Å². The zero-order valence-corrected chi connectivity index (χ0v) is 17.9. The van der Waals surface area contributed by atoms with Crippen molar-refractivity contribution in [1.29, 1.82) is 0 Å². The Morgan fingerprint density at radius 3 is 2.41 bits per heavy atom. The molecule has 0 atom stereocenters. The van der Waals surface area contributed by atoms with Gasteiger partial charge < -0.3 is 25.0 Å². The fourth-order valence-electron chi connectivity index (χ4n) is 3.17. The summed E-state index contributed by atoms with van der Waals surface area (Å²) < 4.78 is 10.8. The molecular weight excluding hydrogens is 360 g/mol. The van der Waals surface area contributed by atoms with Gasteiger partial charge in [0.15, 0.2) is 5.96 Å². The smallest absolute Gasteiger partial charge is 0.191 e. The van der Waals surface area contributed by atoms with Crippen LogP contribution in [0.3, 0.4) is 0 Å². The van der Waals surface area contributed by atoms with Crippen LogP contribution in [-0.4, -0.2) is 64.4 Å². The number of hydrogen-bond donors (Lipinski definition) is 2. The topological polar surface area (TPSA) is 58.1 Å². The van der Waals surface area contributed by atoms with Gasteiger partial charge in [0.25, 0.3) is 0 Å². The van der Waals surface area contributed by atoms with Crippen molar-refractivity contribution in [3.63, 3.8) is 0 Å². The Morgan fingerprint density at radius 2 is 1.85 bits per heavy atom. The van der Waals surface area contributed by atoms with Crippen molar-refractivity contribution >= 4 is 23.4 Å². The molecule has 0 unspecified atom stereocenters. The molecule has 27 heavy (non-hydrogen) atoms. The fourth-order valence-corrected chi connectivity index (χ4v) is 3.59. The summed E-state index contributed by atoms with van der Waals surface area (Å²) in [5.41, 5.74) is 1.15. The van der Waals surface area contributed by atoms with Gasteiger partial charge >= 0.3 is 0 Å². The molecule has 1 aromatic carbocycles. The number of rotatable bonds is 9. The molecule has 152 valence electrons. The molecule has 0 bridgehead atoms. The monoisotopic (exact) mass is 394 g/mol. The third-order valence-electron chi connectivity index (χ3n) is 4.66. The SMILES string of the molecule is CCNC(=NCCCSC)NC1CCN(c2cc(OC)cc(OC)c2)CC1. The summed E-state index contributed by atoms with van der Waals surface area (Å²) in [7, 11) is 3.38. The summed E-state index contributed by atoms with van der Waals surface area (Å²) in [5, 5.41) is 6.97. The standard InChI is InChI=1S/C20H34N4O2S/c1-5-21-20(22-9-6-12-27-4)23-16-7-10-24(11-8-16)17-13-18(25-2)15-19(14-17)26-3/h13-16H,5-12H2,1-4H3,(H2,21,22,23). The minimum absolute atomic E-state index is 0.451. The van der Waals surface area contributed by atoms with Crippen LogP contribution >= 0.6 is 11.8 Å². The molecule has 1 fully saturated rings. The number of piperidine rings is 1. The third-order valence-corrected chi connectivity index (χ3v) is 5.35. The van der Waals surface area contributed by atoms with E-state index in [0.29, 0.717) is 6.04 Å². The van der Waals surface area contributed by atoms with Gasteiger partial charge in [-0.1, -0.05) is 0 Å². The molecule has 1 aliphatic rings. The van der Waals surface area contributed by atoms with Crippen LogP contribution in [0.25, 0.3) is 0 Å². The molecule has 2 rings (SSSR count). The molecule has 0 amide bonds. The summed E-state index contributed by atoms with van der Waals surface area (Å²) >= 11 is 1.87. The summed E-state index contributed by atoms with van der Waals surface area (Å²) in [6, 6.07) is 6.52. The van der Waals surface area contributed by atoms with Gasteiger partial charge in [0.2, 0.25) is 0 Å². The normalized spacial score (nSPS) is 15.6. The Labute approximate surface area is 168 Å². The van der Waals surface area contributed by atoms with E-state index >= 15 is 0 Å². The van der Waals surface area contributed by atoms with Crippen molar-refractivity contribution in [2.75, 3.05) is 57.3 Å². The van der Waals surface area contributed by atoms with Gasteiger partial charge in [0.1, 0.15) is 11.5 Å². The number of hydrogen-bond acceptors (Lipinski definition) is 5. The number of benzene rings is 1. The van der Waals surface area contributed by atoms with Gasteiger partial charge in [0.05, 0.1) is 14.2 Å². The average molecular weight is 395 g/mol. The molecule has 0 radical (unpaired) electrons. The number of nitrogens with one attached hydrogen (secondary N) is 2. The van der Waals surface area contributed by atoms with Crippen LogP contribution in [-0.2, 0) is 0 Å². The predicted molar refractivity (Wildman–Crippen MR) is 117 cm³/mol. The molecule has 2 N–H and O–H groups in total. The van der Waals surface area contributed by atoms with Crippen LogP contribution in [0.5, 0.6) is 11.5 Å². The van der Waals surface area contributed by atoms with Crippen molar-refractivity contribution < 1.29 is 9.47 Å². The number of nitrogens with zero attached hydrogens (tertiary/aromatic N) is 2. The second kappa shape index (κ2) is 11.8. The minimum Gasteiger partial charge on any atom is -0.497 e. The predicted octanol–water partition coefficient (Wildman–Crippen LogP) is 2.98. The molecule has 0 aliphatic carbocycles. The highest BCUT2D eigenvalue weighted by molar-refractivity contribution is 7.98. The van der Waals surface area contributed by atoms with Crippen LogP contribution < -0.4 is 25.0 Å². The van der Waals surface area contributed by atoms with Gasteiger partial charge in [0, 0.05) is 56.1 Å². The largest absolute Gasteiger partial charge is 0.497 e. The molecule has 1 aliphatic heterocycles. The van der Waals surface area contributed by atoms with Crippen molar-refractivity contribution in [3.8, 4) is 11.5 Å². The van der Waals surface area contributed by atoms with Crippen LogP contribution in [0.15, 0.2) is 23.2 Å². The van der Waals surface area contributed by atoms with Crippen molar-refractivity contribution in [3.05, 3.63) is 18.2 Å². The lowest BCUT2D eigenvalue weighted by molar-refractivity contribution is 0.393. The van der Waals surface area contributed by atoms with E-state index < -0.39 is 0 Å². The quantitative estimate of drug-likeness (QED) is 0.381. The Bertz CT molecular complexity index is 567. The number of anilines is 1. The zero-order chi connectivity index (χ0) is 19.5. The van der Waals surface area contributed by atoms with Gasteiger partial charge in [-0.3, -0.25) is 4.99 Å². The maximum atomic E-state index is 5.40. The maximum absolute atomic E-state index is 5.40. The molecular formula is C20H34N4O2S. The highest BCUT2D eigenvalue weighted by Crippen LogP contribution is 2.30. The lowest BCUT2D eigenvalue weighted by Crippen LogP contribution is -2.48. The molecule has 1 aromatic rings. The Kier molecular flexibility index (Phi) is 9.45. The van der Waals surface area contributed by atoms with E-state index in [9.17, 15) is 0 Å². The van der Waals surface area contributed by atoms with E-state index in [2.05, 4.69) is 40.8 Å².